The third kappa shape index (κ3) is 16.7. The van der Waals surface area contributed by atoms with E-state index in [1.807, 2.05) is 12.2 Å². The molecule has 0 spiro atoms. The summed E-state index contributed by atoms with van der Waals surface area (Å²) in [6.07, 6.45) is 12.0. The molecular formula is C10H18OZr. The fourth-order valence-electron chi connectivity index (χ4n) is 0.498. The topological polar surface area (TPSA) is 20.2 Å². The first-order valence-electron chi connectivity index (χ1n) is 3.74. The van der Waals surface area contributed by atoms with E-state index in [1.54, 1.807) is 0 Å². The Morgan fingerprint density at radius 3 is 2.25 bits per heavy atom. The summed E-state index contributed by atoms with van der Waals surface area (Å²) >= 11 is 0. The maximum Gasteiger partial charge on any atom is 2.00 e. The van der Waals surface area contributed by atoms with Crippen molar-refractivity contribution >= 4 is 0 Å². The van der Waals surface area contributed by atoms with Crippen LogP contribution in [0.3, 0.4) is 0 Å². The fourth-order valence-corrected chi connectivity index (χ4v) is 0.498. The average molecular weight is 245 g/mol. The van der Waals surface area contributed by atoms with Crippen molar-refractivity contribution in [3.05, 3.63) is 31.7 Å². The molecule has 1 nitrogen and oxygen atoms in total. The Bertz CT molecular complexity index is 96.4. The molecule has 0 saturated carbocycles. The predicted molar refractivity (Wildman–Crippen MR) is 50.0 cm³/mol. The molecule has 0 amide bonds. The van der Waals surface area contributed by atoms with Gasteiger partial charge in [0.05, 0.1) is 0 Å². The van der Waals surface area contributed by atoms with Gasteiger partial charge in [-0.2, -0.15) is 6.08 Å². The van der Waals surface area contributed by atoms with Crippen LogP contribution in [0.15, 0.2) is 18.2 Å². The zero-order chi connectivity index (χ0) is 7.66. The van der Waals surface area contributed by atoms with Gasteiger partial charge in [-0.05, 0) is 6.42 Å². The maximum atomic E-state index is 8.07. The van der Waals surface area contributed by atoms with Gasteiger partial charge in [0.1, 0.15) is 0 Å². The molecule has 0 aromatic heterocycles. The van der Waals surface area contributed by atoms with E-state index in [0.29, 0.717) is 6.61 Å². The SMILES string of the molecule is CCCCO.[C-]1=CC=CC1.[CH3-].[Zr+2]. The second-order valence-corrected chi connectivity index (χ2v) is 2.08. The van der Waals surface area contributed by atoms with Gasteiger partial charge in [0.15, 0.2) is 0 Å². The van der Waals surface area contributed by atoms with Crippen LogP contribution in [0, 0.1) is 13.5 Å². The van der Waals surface area contributed by atoms with E-state index in [0.717, 1.165) is 19.3 Å². The third-order valence-electron chi connectivity index (χ3n) is 1.10. The first kappa shape index (κ1) is 18.2. The Morgan fingerprint density at radius 2 is 2.17 bits per heavy atom. The number of rotatable bonds is 2. The minimum atomic E-state index is 0. The largest absolute Gasteiger partial charge is 2.00 e. The van der Waals surface area contributed by atoms with Crippen molar-refractivity contribution in [2.45, 2.75) is 26.2 Å². The van der Waals surface area contributed by atoms with E-state index < -0.39 is 0 Å². The maximum absolute atomic E-state index is 8.07. The summed E-state index contributed by atoms with van der Waals surface area (Å²) in [6, 6.07) is 0. The van der Waals surface area contributed by atoms with Gasteiger partial charge in [0.25, 0.3) is 0 Å². The summed E-state index contributed by atoms with van der Waals surface area (Å²) in [5, 5.41) is 8.07. The standard InChI is InChI=1S/C5H5.C4H10O.CH3.Zr/c1-2-4-5-3-1;1-2-3-4-5;;/h1-3H,4H2;5H,2-4H2,1H3;1H3;/q-1;;-1;+2. The molecule has 1 aliphatic rings. The summed E-state index contributed by atoms with van der Waals surface area (Å²) in [5.74, 6) is 0. The van der Waals surface area contributed by atoms with Crippen molar-refractivity contribution in [1.82, 2.24) is 0 Å². The molecule has 1 rings (SSSR count). The van der Waals surface area contributed by atoms with Crippen LogP contribution >= 0.6 is 0 Å². The molecule has 12 heavy (non-hydrogen) atoms. The number of hydrogen-bond donors (Lipinski definition) is 1. The van der Waals surface area contributed by atoms with Gasteiger partial charge < -0.3 is 12.5 Å². The van der Waals surface area contributed by atoms with E-state index in [2.05, 4.69) is 19.1 Å². The molecule has 0 unspecified atom stereocenters. The molecule has 0 saturated heterocycles. The number of hydrogen-bond acceptors (Lipinski definition) is 1. The molecule has 0 atom stereocenters. The minimum Gasteiger partial charge on any atom is -0.396 e. The summed E-state index contributed by atoms with van der Waals surface area (Å²) in [7, 11) is 0. The van der Waals surface area contributed by atoms with Crippen molar-refractivity contribution < 1.29 is 31.3 Å². The molecular weight excluding hydrogens is 227 g/mol. The van der Waals surface area contributed by atoms with E-state index in [1.165, 1.54) is 0 Å². The van der Waals surface area contributed by atoms with Gasteiger partial charge in [-0.25, -0.2) is 12.2 Å². The number of aliphatic hydroxyl groups excluding tert-OH is 1. The summed E-state index contributed by atoms with van der Waals surface area (Å²) < 4.78 is 0. The zero-order valence-corrected chi connectivity index (χ0v) is 10.5. The first-order chi connectivity index (χ1) is 4.91. The second kappa shape index (κ2) is 17.4. The van der Waals surface area contributed by atoms with Gasteiger partial charge in [0, 0.05) is 6.61 Å². The van der Waals surface area contributed by atoms with E-state index in [-0.39, 0.29) is 33.6 Å². The zero-order valence-electron chi connectivity index (χ0n) is 8.01. The number of allylic oxidation sites excluding steroid dienone is 4. The fraction of sp³-hybridized carbons (Fsp3) is 0.500. The van der Waals surface area contributed by atoms with E-state index in [9.17, 15) is 0 Å². The van der Waals surface area contributed by atoms with Crippen LogP contribution < -0.4 is 0 Å². The molecule has 0 aliphatic heterocycles. The van der Waals surface area contributed by atoms with Crippen LogP contribution in [-0.2, 0) is 26.2 Å². The second-order valence-electron chi connectivity index (χ2n) is 2.08. The van der Waals surface area contributed by atoms with Gasteiger partial charge in [0.2, 0.25) is 0 Å². The van der Waals surface area contributed by atoms with Crippen LogP contribution in [0.25, 0.3) is 0 Å². The molecule has 0 heterocycles. The molecule has 2 heteroatoms. The van der Waals surface area contributed by atoms with Gasteiger partial charge in [-0.3, -0.25) is 6.08 Å². The normalized spacial score (nSPS) is 10.8. The van der Waals surface area contributed by atoms with E-state index >= 15 is 0 Å². The summed E-state index contributed by atoms with van der Waals surface area (Å²) in [6.45, 7) is 2.40. The molecule has 68 valence electrons. The van der Waals surface area contributed by atoms with Crippen molar-refractivity contribution in [2.75, 3.05) is 6.61 Å². The summed E-state index contributed by atoms with van der Waals surface area (Å²) in [5.41, 5.74) is 0. The molecule has 0 radical (unpaired) electrons. The van der Waals surface area contributed by atoms with Gasteiger partial charge >= 0.3 is 26.2 Å². The Hall–Kier alpha value is 0.323. The first-order valence-corrected chi connectivity index (χ1v) is 3.74. The van der Waals surface area contributed by atoms with Crippen LogP contribution in [0.4, 0.5) is 0 Å². The van der Waals surface area contributed by atoms with Gasteiger partial charge in [-0.15, -0.1) is 6.42 Å². The number of unbranched alkanes of at least 4 members (excludes halogenated alkanes) is 1. The predicted octanol–water partition coefficient (Wildman–Crippen LogP) is 2.53. The molecule has 0 aromatic rings. The monoisotopic (exact) mass is 244 g/mol. The summed E-state index contributed by atoms with van der Waals surface area (Å²) in [4.78, 5) is 0. The van der Waals surface area contributed by atoms with Crippen LogP contribution in [0.1, 0.15) is 26.2 Å². The Morgan fingerprint density at radius 1 is 1.50 bits per heavy atom. The molecule has 0 bridgehead atoms. The van der Waals surface area contributed by atoms with Crippen molar-refractivity contribution in [3.8, 4) is 0 Å². The van der Waals surface area contributed by atoms with Crippen LogP contribution in [-0.4, -0.2) is 11.7 Å². The Labute approximate surface area is 95.7 Å². The quantitative estimate of drug-likeness (QED) is 0.741. The van der Waals surface area contributed by atoms with Crippen molar-refractivity contribution in [2.24, 2.45) is 0 Å². The molecule has 0 aromatic carbocycles. The smallest absolute Gasteiger partial charge is 0.396 e. The molecule has 1 N–H and O–H groups in total. The Balaban J connectivity index is -0.000000116. The molecule has 1 aliphatic carbocycles. The van der Waals surface area contributed by atoms with E-state index in [4.69, 9.17) is 5.11 Å². The minimum absolute atomic E-state index is 0. The molecule has 0 fully saturated rings. The van der Waals surface area contributed by atoms with Crippen molar-refractivity contribution in [1.29, 1.82) is 0 Å². The van der Waals surface area contributed by atoms with Crippen molar-refractivity contribution in [3.63, 3.8) is 0 Å². The van der Waals surface area contributed by atoms with Gasteiger partial charge in [-0.1, -0.05) is 13.3 Å². The third-order valence-corrected chi connectivity index (χ3v) is 1.10. The van der Waals surface area contributed by atoms with Crippen LogP contribution in [0.5, 0.6) is 0 Å². The number of aliphatic hydroxyl groups is 1. The average Bonchev–Trinajstić information content (AvgIpc) is 2.44. The Kier molecular flexibility index (Phi) is 26.4. The van der Waals surface area contributed by atoms with Crippen LogP contribution in [0.2, 0.25) is 0 Å².